The third-order valence-corrected chi connectivity index (χ3v) is 7.77. The van der Waals surface area contributed by atoms with Crippen LogP contribution in [0.1, 0.15) is 33.6 Å². The Bertz CT molecular complexity index is 809. The first-order chi connectivity index (χ1) is 11.7. The van der Waals surface area contributed by atoms with Gasteiger partial charge in [0.15, 0.2) is 0 Å². The number of nitrogens with zero attached hydrogens (tertiary/aromatic N) is 2. The minimum atomic E-state index is -3.38. The van der Waals surface area contributed by atoms with E-state index in [4.69, 9.17) is 4.74 Å². The molecule has 4 unspecified atom stereocenters. The Hall–Kier alpha value is -1.63. The summed E-state index contributed by atoms with van der Waals surface area (Å²) >= 11 is 0. The summed E-state index contributed by atoms with van der Waals surface area (Å²) in [5.74, 6) is 1.60. The lowest BCUT2D eigenvalue weighted by Gasteiger charge is -2.61. The van der Waals surface area contributed by atoms with Crippen LogP contribution in [0.3, 0.4) is 0 Å². The minimum Gasteiger partial charge on any atom is -0.458 e. The fourth-order valence-electron chi connectivity index (χ4n) is 4.79. The van der Waals surface area contributed by atoms with Gasteiger partial charge in [0.1, 0.15) is 11.9 Å². The van der Waals surface area contributed by atoms with E-state index in [0.717, 1.165) is 6.42 Å². The maximum atomic E-state index is 12.6. The van der Waals surface area contributed by atoms with Crippen molar-refractivity contribution in [3.63, 3.8) is 0 Å². The fourth-order valence-corrected chi connectivity index (χ4v) is 5.75. The van der Waals surface area contributed by atoms with Crippen molar-refractivity contribution in [2.75, 3.05) is 12.3 Å². The van der Waals surface area contributed by atoms with Crippen LogP contribution >= 0.6 is 0 Å². The molecule has 3 aliphatic carbocycles. The number of esters is 1. The molecular weight excluding hydrogens is 340 g/mol. The van der Waals surface area contributed by atoms with Crippen LogP contribution in [-0.4, -0.2) is 43.5 Å². The molecule has 5 rings (SSSR count). The van der Waals surface area contributed by atoms with Gasteiger partial charge in [0.25, 0.3) is 10.0 Å². The van der Waals surface area contributed by atoms with Gasteiger partial charge >= 0.3 is 5.97 Å². The third-order valence-electron chi connectivity index (χ3n) is 6.60. The summed E-state index contributed by atoms with van der Waals surface area (Å²) in [6, 6.07) is 0. The number of rotatable bonds is 2. The number of sulfonamides is 1. The van der Waals surface area contributed by atoms with Crippen LogP contribution in [0.25, 0.3) is 0 Å². The van der Waals surface area contributed by atoms with Crippen LogP contribution in [0.2, 0.25) is 0 Å². The number of hydrogen-bond donors (Lipinski definition) is 0. The van der Waals surface area contributed by atoms with Crippen molar-refractivity contribution >= 4 is 21.8 Å². The van der Waals surface area contributed by atoms with E-state index >= 15 is 0 Å². The van der Waals surface area contributed by atoms with Gasteiger partial charge in [-0.3, -0.25) is 0 Å². The van der Waals surface area contributed by atoms with E-state index < -0.39 is 10.0 Å². The van der Waals surface area contributed by atoms with Crippen LogP contribution in [0.15, 0.2) is 28.3 Å². The Kier molecular flexibility index (Phi) is 3.65. The van der Waals surface area contributed by atoms with Crippen molar-refractivity contribution < 1.29 is 17.9 Å². The van der Waals surface area contributed by atoms with Gasteiger partial charge in [-0.2, -0.15) is 0 Å². The highest BCUT2D eigenvalue weighted by atomic mass is 32.2. The number of fused-ring (bicyclic) bond motifs is 3. The molecule has 3 saturated carbocycles. The second kappa shape index (κ2) is 5.43. The van der Waals surface area contributed by atoms with Gasteiger partial charge in [-0.05, 0) is 48.2 Å². The van der Waals surface area contributed by atoms with E-state index in [1.54, 1.807) is 23.3 Å². The predicted octanol–water partition coefficient (Wildman–Crippen LogP) is 2.10. The summed E-state index contributed by atoms with van der Waals surface area (Å²) in [6.45, 7) is 7.13. The smallest absolute Gasteiger partial charge is 0.339 e. The van der Waals surface area contributed by atoms with Gasteiger partial charge in [0.2, 0.25) is 0 Å². The second-order valence-corrected chi connectivity index (χ2v) is 10.0. The van der Waals surface area contributed by atoms with Crippen LogP contribution in [-0.2, 0) is 19.6 Å². The molecule has 0 amide bonds. The summed E-state index contributed by atoms with van der Waals surface area (Å²) in [6.07, 6.45) is 6.95. The minimum absolute atomic E-state index is 0.0321. The molecule has 0 aromatic rings. The van der Waals surface area contributed by atoms with Crippen LogP contribution in [0.4, 0.5) is 0 Å². The monoisotopic (exact) mass is 364 g/mol. The zero-order valence-electron chi connectivity index (χ0n) is 14.8. The molecule has 0 aromatic heterocycles. The predicted molar refractivity (Wildman–Crippen MR) is 94.2 cm³/mol. The molecule has 4 atom stereocenters. The van der Waals surface area contributed by atoms with Crippen LogP contribution < -0.4 is 0 Å². The first-order valence-corrected chi connectivity index (χ1v) is 10.5. The Morgan fingerprint density at radius 1 is 1.32 bits per heavy atom. The van der Waals surface area contributed by atoms with Crippen molar-refractivity contribution in [1.29, 1.82) is 0 Å². The molecule has 5 aliphatic rings. The Balaban J connectivity index is 1.45. The normalized spacial score (nSPS) is 37.3. The van der Waals surface area contributed by atoms with E-state index in [0.29, 0.717) is 41.1 Å². The SMILES string of the molecule is CC1C(OC(=O)C2=CN3CCS(=O)(=O)N=C3C=C2)CC2CC1C2(C)C. The maximum absolute atomic E-state index is 12.6. The van der Waals surface area contributed by atoms with Crippen LogP contribution in [0.5, 0.6) is 0 Å². The van der Waals surface area contributed by atoms with Gasteiger partial charge in [-0.1, -0.05) is 20.8 Å². The number of amidine groups is 1. The summed E-state index contributed by atoms with van der Waals surface area (Å²) in [5, 5.41) is 0. The molecule has 25 heavy (non-hydrogen) atoms. The highest BCUT2D eigenvalue weighted by Crippen LogP contribution is 2.61. The number of carbonyl (C=O) groups is 1. The Morgan fingerprint density at radius 2 is 2.08 bits per heavy atom. The topological polar surface area (TPSA) is 76.0 Å². The second-order valence-electron chi connectivity index (χ2n) is 8.25. The van der Waals surface area contributed by atoms with E-state index in [1.165, 1.54) is 6.42 Å². The van der Waals surface area contributed by atoms with Crippen molar-refractivity contribution in [3.8, 4) is 0 Å². The van der Waals surface area contributed by atoms with E-state index in [1.807, 2.05) is 0 Å². The standard InChI is InChI=1S/C18H24N2O4S/c1-11-14-8-13(18(14,2)3)9-15(11)24-17(21)12-4-5-16-19-25(22,23)7-6-20(16)10-12/h4-5,10-11,13-15H,6-9H2,1-3H3. The molecule has 6 nitrogen and oxygen atoms in total. The molecule has 2 heterocycles. The molecule has 0 N–H and O–H groups in total. The summed E-state index contributed by atoms with van der Waals surface area (Å²) in [5.41, 5.74) is 0.806. The quantitative estimate of drug-likeness (QED) is 0.702. The first-order valence-electron chi connectivity index (χ1n) is 8.87. The van der Waals surface area contributed by atoms with Gasteiger partial charge < -0.3 is 9.64 Å². The zero-order chi connectivity index (χ0) is 18.0. The lowest BCUT2D eigenvalue weighted by Crippen LogP contribution is -2.57. The maximum Gasteiger partial charge on any atom is 0.339 e. The van der Waals surface area contributed by atoms with Gasteiger partial charge in [-0.25, -0.2) is 13.2 Å². The summed E-state index contributed by atoms with van der Waals surface area (Å²) in [4.78, 5) is 14.3. The van der Waals surface area contributed by atoms with Crippen LogP contribution in [0, 0.1) is 23.2 Å². The first kappa shape index (κ1) is 16.8. The molecular formula is C18H24N2O4S. The molecule has 0 saturated heterocycles. The van der Waals surface area contributed by atoms with Crippen molar-refractivity contribution in [1.82, 2.24) is 4.90 Å². The molecule has 2 bridgehead atoms. The van der Waals surface area contributed by atoms with Crippen molar-refractivity contribution in [2.24, 2.45) is 27.6 Å². The number of carbonyl (C=O) groups excluding carboxylic acids is 1. The third kappa shape index (κ3) is 2.72. The average molecular weight is 364 g/mol. The van der Waals surface area contributed by atoms with Crippen molar-refractivity contribution in [2.45, 2.75) is 39.7 Å². The van der Waals surface area contributed by atoms with Crippen molar-refractivity contribution in [3.05, 3.63) is 23.9 Å². The number of hydrogen-bond acceptors (Lipinski definition) is 5. The Morgan fingerprint density at radius 3 is 2.76 bits per heavy atom. The highest BCUT2D eigenvalue weighted by Gasteiger charge is 2.57. The lowest BCUT2D eigenvalue weighted by atomic mass is 9.45. The van der Waals surface area contributed by atoms with E-state index in [9.17, 15) is 13.2 Å². The van der Waals surface area contributed by atoms with E-state index in [2.05, 4.69) is 25.2 Å². The largest absolute Gasteiger partial charge is 0.458 e. The highest BCUT2D eigenvalue weighted by molar-refractivity contribution is 7.90. The summed E-state index contributed by atoms with van der Waals surface area (Å²) < 4.78 is 32.6. The van der Waals surface area contributed by atoms with E-state index in [-0.39, 0.29) is 17.8 Å². The Labute approximate surface area is 148 Å². The zero-order valence-corrected chi connectivity index (χ0v) is 15.6. The molecule has 7 heteroatoms. The van der Waals surface area contributed by atoms with Gasteiger partial charge in [0.05, 0.1) is 11.3 Å². The molecule has 3 fully saturated rings. The molecule has 136 valence electrons. The van der Waals surface area contributed by atoms with Gasteiger partial charge in [-0.15, -0.1) is 4.40 Å². The number of ether oxygens (including phenoxy) is 1. The average Bonchev–Trinajstić information content (AvgIpc) is 2.54. The lowest BCUT2D eigenvalue weighted by molar-refractivity contribution is -0.182. The summed E-state index contributed by atoms with van der Waals surface area (Å²) in [7, 11) is -3.38. The van der Waals surface area contributed by atoms with Gasteiger partial charge in [0, 0.05) is 12.7 Å². The fraction of sp³-hybridized carbons (Fsp3) is 0.667. The molecule has 0 radical (unpaired) electrons. The molecule has 0 aromatic carbocycles. The molecule has 2 aliphatic heterocycles. The molecule has 0 spiro atoms.